The number of benzene rings is 1. The third-order valence-corrected chi connectivity index (χ3v) is 2.79. The SMILES string of the molecule is COC(=O)c1ccc2c(c1Cl)CNC2. The van der Waals surface area contributed by atoms with Crippen LogP contribution in [0.1, 0.15) is 21.5 Å². The van der Waals surface area contributed by atoms with E-state index in [1.54, 1.807) is 6.07 Å². The van der Waals surface area contributed by atoms with Crippen LogP contribution >= 0.6 is 11.6 Å². The van der Waals surface area contributed by atoms with E-state index in [2.05, 4.69) is 10.1 Å². The molecule has 2 rings (SSSR count). The lowest BCUT2D eigenvalue weighted by Crippen LogP contribution is -2.04. The predicted molar refractivity (Wildman–Crippen MR) is 53.3 cm³/mol. The maximum Gasteiger partial charge on any atom is 0.339 e. The normalized spacial score (nSPS) is 13.9. The molecule has 0 saturated heterocycles. The number of esters is 1. The van der Waals surface area contributed by atoms with Gasteiger partial charge in [-0.15, -0.1) is 0 Å². The molecule has 74 valence electrons. The first-order chi connectivity index (χ1) is 6.74. The van der Waals surface area contributed by atoms with E-state index in [0.29, 0.717) is 10.6 Å². The van der Waals surface area contributed by atoms with Crippen molar-refractivity contribution in [2.75, 3.05) is 7.11 Å². The van der Waals surface area contributed by atoms with Crippen LogP contribution in [0, 0.1) is 0 Å². The zero-order valence-corrected chi connectivity index (χ0v) is 8.52. The fourth-order valence-corrected chi connectivity index (χ4v) is 1.94. The van der Waals surface area contributed by atoms with E-state index >= 15 is 0 Å². The highest BCUT2D eigenvalue weighted by Crippen LogP contribution is 2.28. The highest BCUT2D eigenvalue weighted by atomic mass is 35.5. The van der Waals surface area contributed by atoms with Crippen LogP contribution in [0.25, 0.3) is 0 Å². The molecule has 1 aromatic carbocycles. The topological polar surface area (TPSA) is 38.3 Å². The monoisotopic (exact) mass is 211 g/mol. The molecule has 1 aliphatic heterocycles. The number of hydrogen-bond donors (Lipinski definition) is 1. The molecule has 0 saturated carbocycles. The summed E-state index contributed by atoms with van der Waals surface area (Å²) in [5.41, 5.74) is 2.61. The Hall–Kier alpha value is -1.06. The summed E-state index contributed by atoms with van der Waals surface area (Å²) in [7, 11) is 1.35. The molecule has 1 aliphatic rings. The molecule has 0 bridgehead atoms. The van der Waals surface area contributed by atoms with E-state index in [1.807, 2.05) is 6.07 Å². The summed E-state index contributed by atoms with van der Waals surface area (Å²) < 4.78 is 4.63. The van der Waals surface area contributed by atoms with Gasteiger partial charge in [-0.25, -0.2) is 4.79 Å². The van der Waals surface area contributed by atoms with Crippen LogP contribution < -0.4 is 5.32 Å². The van der Waals surface area contributed by atoms with E-state index in [0.717, 1.165) is 24.2 Å². The highest BCUT2D eigenvalue weighted by molar-refractivity contribution is 6.34. The molecule has 0 spiro atoms. The molecule has 0 radical (unpaired) electrons. The van der Waals surface area contributed by atoms with Crippen molar-refractivity contribution in [3.05, 3.63) is 33.8 Å². The van der Waals surface area contributed by atoms with E-state index in [9.17, 15) is 4.79 Å². The molecule has 0 amide bonds. The first kappa shape index (κ1) is 9.49. The maximum absolute atomic E-state index is 11.3. The number of halogens is 1. The molecule has 1 N–H and O–H groups in total. The van der Waals surface area contributed by atoms with Crippen LogP contribution in [0.3, 0.4) is 0 Å². The third-order valence-electron chi connectivity index (χ3n) is 2.36. The first-order valence-corrected chi connectivity index (χ1v) is 4.71. The average Bonchev–Trinajstić information content (AvgIpc) is 2.66. The molecule has 14 heavy (non-hydrogen) atoms. The van der Waals surface area contributed by atoms with Gasteiger partial charge in [0.1, 0.15) is 0 Å². The van der Waals surface area contributed by atoms with Gasteiger partial charge in [0.25, 0.3) is 0 Å². The molecule has 3 nitrogen and oxygen atoms in total. The minimum Gasteiger partial charge on any atom is -0.465 e. The Bertz CT molecular complexity index is 390. The van der Waals surface area contributed by atoms with Crippen LogP contribution in [-0.4, -0.2) is 13.1 Å². The van der Waals surface area contributed by atoms with Crippen LogP contribution in [-0.2, 0) is 17.8 Å². The highest BCUT2D eigenvalue weighted by Gasteiger charge is 2.19. The molecule has 0 atom stereocenters. The van der Waals surface area contributed by atoms with Crippen molar-refractivity contribution in [3.8, 4) is 0 Å². The molecule has 0 fully saturated rings. The summed E-state index contributed by atoms with van der Waals surface area (Å²) in [4.78, 5) is 11.3. The Morgan fingerprint density at radius 3 is 3.00 bits per heavy atom. The zero-order chi connectivity index (χ0) is 10.1. The molecule has 0 aliphatic carbocycles. The predicted octanol–water partition coefficient (Wildman–Crippen LogP) is 1.73. The number of nitrogens with one attached hydrogen (secondary N) is 1. The van der Waals surface area contributed by atoms with Crippen molar-refractivity contribution >= 4 is 17.6 Å². The second-order valence-corrected chi connectivity index (χ2v) is 3.54. The van der Waals surface area contributed by atoms with Crippen molar-refractivity contribution in [1.29, 1.82) is 0 Å². The zero-order valence-electron chi connectivity index (χ0n) is 7.76. The summed E-state index contributed by atoms with van der Waals surface area (Å²) in [5, 5.41) is 3.69. The summed E-state index contributed by atoms with van der Waals surface area (Å²) in [6, 6.07) is 3.62. The Morgan fingerprint density at radius 2 is 2.29 bits per heavy atom. The van der Waals surface area contributed by atoms with Gasteiger partial charge in [-0.2, -0.15) is 0 Å². The first-order valence-electron chi connectivity index (χ1n) is 4.33. The second-order valence-electron chi connectivity index (χ2n) is 3.16. The standard InChI is InChI=1S/C10H10ClNO2/c1-14-10(13)7-3-2-6-4-12-5-8(6)9(7)11/h2-3,12H,4-5H2,1H3. The summed E-state index contributed by atoms with van der Waals surface area (Å²) >= 11 is 6.09. The van der Waals surface area contributed by atoms with Gasteiger partial charge in [-0.1, -0.05) is 17.7 Å². The Labute approximate surface area is 87.0 Å². The van der Waals surface area contributed by atoms with Crippen LogP contribution in [0.5, 0.6) is 0 Å². The van der Waals surface area contributed by atoms with Crippen molar-refractivity contribution in [2.45, 2.75) is 13.1 Å². The molecule has 0 unspecified atom stereocenters. The van der Waals surface area contributed by atoms with Gasteiger partial charge in [0.15, 0.2) is 0 Å². The summed E-state index contributed by atoms with van der Waals surface area (Å²) in [6.07, 6.45) is 0. The van der Waals surface area contributed by atoms with Gasteiger partial charge in [0.05, 0.1) is 17.7 Å². The number of carbonyl (C=O) groups excluding carboxylic acids is 1. The van der Waals surface area contributed by atoms with E-state index in [1.165, 1.54) is 7.11 Å². The van der Waals surface area contributed by atoms with Crippen LogP contribution in [0.4, 0.5) is 0 Å². The maximum atomic E-state index is 11.3. The van der Waals surface area contributed by atoms with Gasteiger partial charge in [0, 0.05) is 13.1 Å². The third kappa shape index (κ3) is 1.38. The summed E-state index contributed by atoms with van der Waals surface area (Å²) in [6.45, 7) is 1.54. The smallest absolute Gasteiger partial charge is 0.339 e. The van der Waals surface area contributed by atoms with Crippen molar-refractivity contribution < 1.29 is 9.53 Å². The fraction of sp³-hybridized carbons (Fsp3) is 0.300. The number of fused-ring (bicyclic) bond motifs is 1. The minimum absolute atomic E-state index is 0.385. The average molecular weight is 212 g/mol. The van der Waals surface area contributed by atoms with Gasteiger partial charge in [-0.3, -0.25) is 0 Å². The Kier molecular flexibility index (Phi) is 2.44. The van der Waals surface area contributed by atoms with Gasteiger partial charge in [-0.05, 0) is 17.2 Å². The molecular weight excluding hydrogens is 202 g/mol. The quantitative estimate of drug-likeness (QED) is 0.719. The Morgan fingerprint density at radius 1 is 1.50 bits per heavy atom. The number of rotatable bonds is 1. The molecule has 0 aromatic heterocycles. The lowest BCUT2D eigenvalue weighted by molar-refractivity contribution is 0.0601. The van der Waals surface area contributed by atoms with Crippen LogP contribution in [0.15, 0.2) is 12.1 Å². The minimum atomic E-state index is -0.385. The number of ether oxygens (including phenoxy) is 1. The lowest BCUT2D eigenvalue weighted by atomic mass is 10.1. The molecular formula is C10H10ClNO2. The van der Waals surface area contributed by atoms with E-state index < -0.39 is 0 Å². The molecule has 1 heterocycles. The Balaban J connectivity index is 2.50. The lowest BCUT2D eigenvalue weighted by Gasteiger charge is -2.06. The van der Waals surface area contributed by atoms with Gasteiger partial charge < -0.3 is 10.1 Å². The summed E-state index contributed by atoms with van der Waals surface area (Å²) in [5.74, 6) is -0.385. The largest absolute Gasteiger partial charge is 0.465 e. The molecule has 1 aromatic rings. The number of carbonyl (C=O) groups is 1. The van der Waals surface area contributed by atoms with E-state index in [4.69, 9.17) is 11.6 Å². The van der Waals surface area contributed by atoms with Gasteiger partial charge >= 0.3 is 5.97 Å². The van der Waals surface area contributed by atoms with Crippen molar-refractivity contribution in [3.63, 3.8) is 0 Å². The van der Waals surface area contributed by atoms with Crippen molar-refractivity contribution in [2.24, 2.45) is 0 Å². The van der Waals surface area contributed by atoms with Gasteiger partial charge in [0.2, 0.25) is 0 Å². The van der Waals surface area contributed by atoms with E-state index in [-0.39, 0.29) is 5.97 Å². The number of methoxy groups -OCH3 is 1. The number of hydrogen-bond acceptors (Lipinski definition) is 3. The fourth-order valence-electron chi connectivity index (χ4n) is 1.61. The van der Waals surface area contributed by atoms with Crippen molar-refractivity contribution in [1.82, 2.24) is 5.32 Å². The van der Waals surface area contributed by atoms with Crippen LogP contribution in [0.2, 0.25) is 5.02 Å². The second kappa shape index (κ2) is 3.59. The molecule has 4 heteroatoms.